The Bertz CT molecular complexity index is 684. The van der Waals surface area contributed by atoms with E-state index >= 15 is 0 Å². The maximum absolute atomic E-state index is 12.8. The molecule has 2 aromatic rings. The van der Waals surface area contributed by atoms with E-state index in [1.54, 1.807) is 44.8 Å². The summed E-state index contributed by atoms with van der Waals surface area (Å²) in [4.78, 5) is 18.7. The number of benzene rings is 1. The highest BCUT2D eigenvalue weighted by Crippen LogP contribution is 2.25. The minimum absolute atomic E-state index is 0.0114. The van der Waals surface area contributed by atoms with E-state index in [1.165, 1.54) is 0 Å². The van der Waals surface area contributed by atoms with Crippen molar-refractivity contribution in [2.24, 2.45) is 0 Å². The number of amides is 1. The number of carbonyl (C=O) groups is 1. The van der Waals surface area contributed by atoms with E-state index in [4.69, 9.17) is 9.47 Å². The van der Waals surface area contributed by atoms with Crippen LogP contribution in [0.15, 0.2) is 42.7 Å². The Balaban J connectivity index is 1.68. The molecule has 0 radical (unpaired) electrons. The molecule has 6 heteroatoms. The molecular weight excluding hydrogens is 306 g/mol. The number of methoxy groups -OCH3 is 2. The Morgan fingerprint density at radius 2 is 2.00 bits per heavy atom. The fourth-order valence-corrected chi connectivity index (χ4v) is 2.86. The summed E-state index contributed by atoms with van der Waals surface area (Å²) in [6.07, 6.45) is 4.44. The number of nitrogens with one attached hydrogen (secondary N) is 1. The zero-order valence-electron chi connectivity index (χ0n) is 13.9. The van der Waals surface area contributed by atoms with Crippen LogP contribution in [0.4, 0.5) is 5.69 Å². The SMILES string of the molecule is COc1cc(OC)cc(C(=O)N2CCC(Nc3cccnc3)C2)c1. The van der Waals surface area contributed by atoms with Crippen molar-refractivity contribution in [3.63, 3.8) is 0 Å². The second kappa shape index (κ2) is 7.21. The highest BCUT2D eigenvalue weighted by Gasteiger charge is 2.27. The van der Waals surface area contributed by atoms with Gasteiger partial charge in [0.15, 0.2) is 0 Å². The molecule has 0 aliphatic carbocycles. The Morgan fingerprint density at radius 1 is 1.25 bits per heavy atom. The standard InChI is InChI=1S/C18H21N3O3/c1-23-16-8-13(9-17(10-16)24-2)18(22)21-7-5-15(12-21)20-14-4-3-6-19-11-14/h3-4,6,8-11,15,20H,5,7,12H2,1-2H3. The zero-order valence-corrected chi connectivity index (χ0v) is 13.9. The summed E-state index contributed by atoms with van der Waals surface area (Å²) < 4.78 is 10.5. The minimum Gasteiger partial charge on any atom is -0.497 e. The predicted molar refractivity (Wildman–Crippen MR) is 91.7 cm³/mol. The number of pyridine rings is 1. The third kappa shape index (κ3) is 3.59. The molecule has 24 heavy (non-hydrogen) atoms. The van der Waals surface area contributed by atoms with Crippen molar-refractivity contribution >= 4 is 11.6 Å². The molecule has 1 fully saturated rings. The van der Waals surface area contributed by atoms with Gasteiger partial charge in [-0.3, -0.25) is 9.78 Å². The maximum Gasteiger partial charge on any atom is 0.254 e. The second-order valence-electron chi connectivity index (χ2n) is 5.72. The third-order valence-corrected chi connectivity index (χ3v) is 4.11. The van der Waals surface area contributed by atoms with Gasteiger partial charge in [-0.2, -0.15) is 0 Å². The van der Waals surface area contributed by atoms with Gasteiger partial charge in [0.1, 0.15) is 11.5 Å². The van der Waals surface area contributed by atoms with Gasteiger partial charge in [-0.25, -0.2) is 0 Å². The van der Waals surface area contributed by atoms with Crippen molar-refractivity contribution in [2.45, 2.75) is 12.5 Å². The van der Waals surface area contributed by atoms with Crippen LogP contribution < -0.4 is 14.8 Å². The van der Waals surface area contributed by atoms with Crippen molar-refractivity contribution in [3.05, 3.63) is 48.3 Å². The van der Waals surface area contributed by atoms with Gasteiger partial charge in [-0.05, 0) is 30.7 Å². The molecule has 1 aromatic carbocycles. The smallest absolute Gasteiger partial charge is 0.254 e. The zero-order chi connectivity index (χ0) is 16.9. The van der Waals surface area contributed by atoms with Crippen LogP contribution in [-0.4, -0.2) is 49.1 Å². The van der Waals surface area contributed by atoms with Crippen molar-refractivity contribution in [1.82, 2.24) is 9.88 Å². The Morgan fingerprint density at radius 3 is 2.62 bits per heavy atom. The van der Waals surface area contributed by atoms with E-state index in [0.29, 0.717) is 23.6 Å². The van der Waals surface area contributed by atoms with Crippen molar-refractivity contribution in [2.75, 3.05) is 32.6 Å². The molecule has 126 valence electrons. The Hall–Kier alpha value is -2.76. The fourth-order valence-electron chi connectivity index (χ4n) is 2.86. The maximum atomic E-state index is 12.8. The van der Waals surface area contributed by atoms with Gasteiger partial charge < -0.3 is 19.7 Å². The number of likely N-dealkylation sites (tertiary alicyclic amines) is 1. The molecule has 6 nitrogen and oxygen atoms in total. The highest BCUT2D eigenvalue weighted by atomic mass is 16.5. The van der Waals surface area contributed by atoms with E-state index in [2.05, 4.69) is 10.3 Å². The normalized spacial score (nSPS) is 16.8. The first-order chi connectivity index (χ1) is 11.7. The number of nitrogens with zero attached hydrogens (tertiary/aromatic N) is 2. The van der Waals surface area contributed by atoms with Crippen molar-refractivity contribution < 1.29 is 14.3 Å². The average Bonchev–Trinajstić information content (AvgIpc) is 3.09. The summed E-state index contributed by atoms with van der Waals surface area (Å²) in [5.41, 5.74) is 1.55. The van der Waals surface area contributed by atoms with Crippen LogP contribution in [0.1, 0.15) is 16.8 Å². The van der Waals surface area contributed by atoms with E-state index in [0.717, 1.165) is 18.7 Å². The first-order valence-corrected chi connectivity index (χ1v) is 7.88. The Kier molecular flexibility index (Phi) is 4.84. The summed E-state index contributed by atoms with van der Waals surface area (Å²) in [7, 11) is 3.15. The molecule has 3 rings (SSSR count). The van der Waals surface area contributed by atoms with Crippen LogP contribution in [-0.2, 0) is 0 Å². The summed E-state index contributed by atoms with van der Waals surface area (Å²) in [5, 5.41) is 3.42. The molecule has 1 amide bonds. The summed E-state index contributed by atoms with van der Waals surface area (Å²) >= 11 is 0. The molecule has 0 bridgehead atoms. The van der Waals surface area contributed by atoms with Gasteiger partial charge >= 0.3 is 0 Å². The first-order valence-electron chi connectivity index (χ1n) is 7.88. The fraction of sp³-hybridized carbons (Fsp3) is 0.333. The third-order valence-electron chi connectivity index (χ3n) is 4.11. The van der Waals surface area contributed by atoms with Crippen LogP contribution in [0.2, 0.25) is 0 Å². The van der Waals surface area contributed by atoms with Crippen LogP contribution in [0.25, 0.3) is 0 Å². The van der Waals surface area contributed by atoms with Crippen molar-refractivity contribution in [3.8, 4) is 11.5 Å². The molecule has 1 saturated heterocycles. The van der Waals surface area contributed by atoms with Gasteiger partial charge in [-0.1, -0.05) is 0 Å². The lowest BCUT2D eigenvalue weighted by Gasteiger charge is -2.18. The van der Waals surface area contributed by atoms with Crippen LogP contribution in [0, 0.1) is 0 Å². The van der Waals surface area contributed by atoms with Gasteiger partial charge in [0, 0.05) is 43.2 Å². The van der Waals surface area contributed by atoms with Crippen LogP contribution >= 0.6 is 0 Å². The first kappa shape index (κ1) is 16.1. The number of hydrogen-bond acceptors (Lipinski definition) is 5. The van der Waals surface area contributed by atoms with E-state index < -0.39 is 0 Å². The predicted octanol–water partition coefficient (Wildman–Crippen LogP) is 2.43. The molecule has 1 unspecified atom stereocenters. The minimum atomic E-state index is -0.0114. The summed E-state index contributed by atoms with van der Waals surface area (Å²) in [6, 6.07) is 9.34. The number of aromatic nitrogens is 1. The molecule has 1 atom stereocenters. The molecular formula is C18H21N3O3. The van der Waals surface area contributed by atoms with Crippen LogP contribution in [0.3, 0.4) is 0 Å². The number of carbonyl (C=O) groups excluding carboxylic acids is 1. The molecule has 1 aliphatic heterocycles. The molecule has 0 spiro atoms. The Labute approximate surface area is 141 Å². The number of ether oxygens (including phenoxy) is 2. The molecule has 1 N–H and O–H groups in total. The average molecular weight is 327 g/mol. The summed E-state index contributed by atoms with van der Waals surface area (Å²) in [5.74, 6) is 1.21. The molecule has 2 heterocycles. The topological polar surface area (TPSA) is 63.7 Å². The molecule has 1 aliphatic rings. The van der Waals surface area contributed by atoms with Gasteiger partial charge in [-0.15, -0.1) is 0 Å². The van der Waals surface area contributed by atoms with E-state index in [9.17, 15) is 4.79 Å². The lowest BCUT2D eigenvalue weighted by Crippen LogP contribution is -2.31. The highest BCUT2D eigenvalue weighted by molar-refractivity contribution is 5.95. The van der Waals surface area contributed by atoms with Crippen LogP contribution in [0.5, 0.6) is 11.5 Å². The lowest BCUT2D eigenvalue weighted by atomic mass is 10.1. The monoisotopic (exact) mass is 327 g/mol. The number of hydrogen-bond donors (Lipinski definition) is 1. The number of anilines is 1. The van der Waals surface area contributed by atoms with Gasteiger partial charge in [0.2, 0.25) is 0 Å². The van der Waals surface area contributed by atoms with E-state index in [-0.39, 0.29) is 11.9 Å². The lowest BCUT2D eigenvalue weighted by molar-refractivity contribution is 0.0791. The molecule has 1 aromatic heterocycles. The second-order valence-corrected chi connectivity index (χ2v) is 5.72. The number of rotatable bonds is 5. The largest absolute Gasteiger partial charge is 0.497 e. The van der Waals surface area contributed by atoms with Gasteiger partial charge in [0.25, 0.3) is 5.91 Å². The van der Waals surface area contributed by atoms with Crippen molar-refractivity contribution in [1.29, 1.82) is 0 Å². The van der Waals surface area contributed by atoms with E-state index in [1.807, 2.05) is 17.0 Å². The summed E-state index contributed by atoms with van der Waals surface area (Å²) in [6.45, 7) is 1.38. The quantitative estimate of drug-likeness (QED) is 0.914. The van der Waals surface area contributed by atoms with Gasteiger partial charge in [0.05, 0.1) is 19.9 Å². The molecule has 0 saturated carbocycles.